The Morgan fingerprint density at radius 1 is 1.30 bits per heavy atom. The van der Waals surface area contributed by atoms with Gasteiger partial charge in [-0.1, -0.05) is 13.0 Å². The number of aliphatic hydroxyl groups is 1. The fourth-order valence-corrected chi connectivity index (χ4v) is 3.40. The zero-order chi connectivity index (χ0) is 15.3. The van der Waals surface area contributed by atoms with Gasteiger partial charge in [0.15, 0.2) is 0 Å². The molecular weight excluding hydrogens is 282 g/mol. The van der Waals surface area contributed by atoms with E-state index >= 15 is 0 Å². The van der Waals surface area contributed by atoms with Crippen LogP contribution in [-0.4, -0.2) is 48.6 Å². The van der Waals surface area contributed by atoms with Crippen molar-refractivity contribution in [3.05, 3.63) is 29.3 Å². The maximum absolute atomic E-state index is 12.4. The van der Waals surface area contributed by atoms with E-state index in [-0.39, 0.29) is 30.2 Å². The summed E-state index contributed by atoms with van der Waals surface area (Å²) in [6.45, 7) is 3.43. The number of carboxylic acids is 1. The third kappa shape index (κ3) is 3.56. The summed E-state index contributed by atoms with van der Waals surface area (Å²) in [5.74, 6) is -1.16. The number of hydrogen-bond acceptors (Lipinski definition) is 4. The summed E-state index contributed by atoms with van der Waals surface area (Å²) < 4.78 is 26.0. The van der Waals surface area contributed by atoms with Crippen LogP contribution in [0.2, 0.25) is 0 Å². The van der Waals surface area contributed by atoms with Gasteiger partial charge in [-0.25, -0.2) is 13.2 Å². The summed E-state index contributed by atoms with van der Waals surface area (Å²) in [6.07, 6.45) is 0.608. The molecule has 0 amide bonds. The van der Waals surface area contributed by atoms with Crippen LogP contribution in [-0.2, 0) is 10.0 Å². The van der Waals surface area contributed by atoms with Crippen molar-refractivity contribution in [3.8, 4) is 0 Å². The van der Waals surface area contributed by atoms with E-state index in [1.165, 1.54) is 12.1 Å². The number of aliphatic hydroxyl groups excluding tert-OH is 1. The van der Waals surface area contributed by atoms with E-state index in [9.17, 15) is 13.2 Å². The molecule has 0 atom stereocenters. The zero-order valence-electron chi connectivity index (χ0n) is 11.5. The number of nitrogens with zero attached hydrogens (tertiary/aromatic N) is 1. The number of carbonyl (C=O) groups is 1. The molecule has 0 aliphatic rings. The average molecular weight is 301 g/mol. The van der Waals surface area contributed by atoms with Gasteiger partial charge in [-0.05, 0) is 31.0 Å². The van der Waals surface area contributed by atoms with Gasteiger partial charge in [-0.2, -0.15) is 4.31 Å². The zero-order valence-corrected chi connectivity index (χ0v) is 12.4. The fourth-order valence-electron chi connectivity index (χ4n) is 1.85. The molecule has 0 fully saturated rings. The van der Waals surface area contributed by atoms with Crippen molar-refractivity contribution < 1.29 is 23.4 Å². The first-order chi connectivity index (χ1) is 9.34. The van der Waals surface area contributed by atoms with Gasteiger partial charge >= 0.3 is 5.97 Å². The highest BCUT2D eigenvalue weighted by Crippen LogP contribution is 2.19. The van der Waals surface area contributed by atoms with Gasteiger partial charge in [0.05, 0.1) is 17.1 Å². The van der Waals surface area contributed by atoms with Crippen LogP contribution in [0, 0.1) is 6.92 Å². The Morgan fingerprint density at radius 3 is 2.45 bits per heavy atom. The second kappa shape index (κ2) is 6.83. The Morgan fingerprint density at radius 2 is 1.95 bits per heavy atom. The van der Waals surface area contributed by atoms with E-state index in [1.54, 1.807) is 6.92 Å². The number of rotatable bonds is 7. The molecule has 0 aromatic heterocycles. The molecule has 0 aliphatic heterocycles. The van der Waals surface area contributed by atoms with Crippen LogP contribution >= 0.6 is 0 Å². The van der Waals surface area contributed by atoms with Gasteiger partial charge < -0.3 is 10.2 Å². The maximum atomic E-state index is 12.4. The molecule has 0 aliphatic carbocycles. The molecule has 7 heteroatoms. The number of hydrogen-bond donors (Lipinski definition) is 2. The highest BCUT2D eigenvalue weighted by molar-refractivity contribution is 7.89. The average Bonchev–Trinajstić information content (AvgIpc) is 2.38. The predicted octanol–water partition coefficient (Wildman–Crippen LogP) is 1.09. The van der Waals surface area contributed by atoms with E-state index in [1.807, 2.05) is 6.92 Å². The number of aromatic carboxylic acids is 1. The molecule has 0 heterocycles. The highest BCUT2D eigenvalue weighted by atomic mass is 32.2. The molecular formula is C13H19NO5S. The van der Waals surface area contributed by atoms with Crippen molar-refractivity contribution in [2.45, 2.75) is 25.2 Å². The van der Waals surface area contributed by atoms with E-state index in [4.69, 9.17) is 10.2 Å². The van der Waals surface area contributed by atoms with Gasteiger partial charge in [-0.15, -0.1) is 0 Å². The van der Waals surface area contributed by atoms with Crippen LogP contribution in [0.5, 0.6) is 0 Å². The molecule has 20 heavy (non-hydrogen) atoms. The van der Waals surface area contributed by atoms with Crippen molar-refractivity contribution in [2.24, 2.45) is 0 Å². The lowest BCUT2D eigenvalue weighted by molar-refractivity contribution is 0.0696. The lowest BCUT2D eigenvalue weighted by Gasteiger charge is -2.21. The summed E-state index contributed by atoms with van der Waals surface area (Å²) in [5.41, 5.74) is 0.465. The van der Waals surface area contributed by atoms with Gasteiger partial charge in [0.25, 0.3) is 0 Å². The summed E-state index contributed by atoms with van der Waals surface area (Å²) in [7, 11) is -3.79. The number of sulfonamides is 1. The Balaban J connectivity index is 3.26. The van der Waals surface area contributed by atoms with E-state index in [0.717, 1.165) is 10.4 Å². The molecule has 2 N–H and O–H groups in total. The Bertz CT molecular complexity index is 576. The molecule has 0 saturated carbocycles. The molecule has 0 radical (unpaired) electrons. The molecule has 1 rings (SSSR count). The van der Waals surface area contributed by atoms with E-state index in [0.29, 0.717) is 12.0 Å². The maximum Gasteiger partial charge on any atom is 0.335 e. The number of aryl methyl sites for hydroxylation is 1. The molecule has 0 bridgehead atoms. The van der Waals surface area contributed by atoms with Crippen LogP contribution < -0.4 is 0 Å². The fraction of sp³-hybridized carbons (Fsp3) is 0.462. The second-order valence-corrected chi connectivity index (χ2v) is 6.35. The largest absolute Gasteiger partial charge is 0.478 e. The van der Waals surface area contributed by atoms with Gasteiger partial charge in [0.2, 0.25) is 10.0 Å². The van der Waals surface area contributed by atoms with Crippen molar-refractivity contribution in [3.63, 3.8) is 0 Å². The molecule has 0 unspecified atom stereocenters. The first-order valence-corrected chi connectivity index (χ1v) is 7.73. The topological polar surface area (TPSA) is 94.9 Å². The summed E-state index contributed by atoms with van der Waals surface area (Å²) in [6, 6.07) is 4.02. The SMILES string of the molecule is CCCN(CCO)S(=O)(=O)c1ccc(C)c(C(=O)O)c1. The van der Waals surface area contributed by atoms with Crippen molar-refractivity contribution in [2.75, 3.05) is 19.7 Å². The molecule has 0 saturated heterocycles. The molecule has 0 spiro atoms. The van der Waals surface area contributed by atoms with Crippen LogP contribution in [0.3, 0.4) is 0 Å². The normalized spacial score (nSPS) is 11.8. The van der Waals surface area contributed by atoms with Crippen LogP contribution in [0.1, 0.15) is 29.3 Å². The smallest absolute Gasteiger partial charge is 0.335 e. The standard InChI is InChI=1S/C13H19NO5S/c1-3-6-14(7-8-15)20(18,19)11-5-4-10(2)12(9-11)13(16)17/h4-5,9,15H,3,6-8H2,1-2H3,(H,16,17). The lowest BCUT2D eigenvalue weighted by atomic mass is 10.1. The summed E-state index contributed by atoms with van der Waals surface area (Å²) in [4.78, 5) is 11.0. The Hall–Kier alpha value is -1.44. The van der Waals surface area contributed by atoms with Crippen molar-refractivity contribution in [1.29, 1.82) is 0 Å². The monoisotopic (exact) mass is 301 g/mol. The minimum absolute atomic E-state index is 0.00749. The first kappa shape index (κ1) is 16.6. The number of benzene rings is 1. The van der Waals surface area contributed by atoms with Gasteiger partial charge in [-0.3, -0.25) is 0 Å². The van der Waals surface area contributed by atoms with Crippen molar-refractivity contribution >= 4 is 16.0 Å². The Labute approximate surface area is 118 Å². The molecule has 6 nitrogen and oxygen atoms in total. The van der Waals surface area contributed by atoms with Crippen LogP contribution in [0.25, 0.3) is 0 Å². The third-order valence-corrected chi connectivity index (χ3v) is 4.79. The third-order valence-electron chi connectivity index (χ3n) is 2.90. The van der Waals surface area contributed by atoms with Crippen molar-refractivity contribution in [1.82, 2.24) is 4.31 Å². The van der Waals surface area contributed by atoms with Gasteiger partial charge in [0.1, 0.15) is 0 Å². The minimum atomic E-state index is -3.79. The summed E-state index contributed by atoms with van der Waals surface area (Å²) in [5, 5.41) is 18.0. The summed E-state index contributed by atoms with van der Waals surface area (Å²) >= 11 is 0. The second-order valence-electron chi connectivity index (χ2n) is 4.41. The highest BCUT2D eigenvalue weighted by Gasteiger charge is 2.24. The predicted molar refractivity (Wildman–Crippen MR) is 74.3 cm³/mol. The van der Waals surface area contributed by atoms with Gasteiger partial charge in [0, 0.05) is 13.1 Å². The van der Waals surface area contributed by atoms with Crippen LogP contribution in [0.15, 0.2) is 23.1 Å². The van der Waals surface area contributed by atoms with Crippen LogP contribution in [0.4, 0.5) is 0 Å². The minimum Gasteiger partial charge on any atom is -0.478 e. The lowest BCUT2D eigenvalue weighted by Crippen LogP contribution is -2.34. The number of carboxylic acid groups (broad SMARTS) is 1. The quantitative estimate of drug-likeness (QED) is 0.786. The van der Waals surface area contributed by atoms with E-state index in [2.05, 4.69) is 0 Å². The Kier molecular flexibility index (Phi) is 5.67. The molecule has 1 aromatic carbocycles. The van der Waals surface area contributed by atoms with E-state index < -0.39 is 16.0 Å². The first-order valence-electron chi connectivity index (χ1n) is 6.29. The molecule has 112 valence electrons. The molecule has 1 aromatic rings.